The topological polar surface area (TPSA) is 59.6 Å². The molecule has 0 fully saturated rings. The Balaban J connectivity index is 2.41. The Bertz CT molecular complexity index is 714. The molecule has 0 aromatic heterocycles. The van der Waals surface area contributed by atoms with Gasteiger partial charge >= 0.3 is 0 Å². The summed E-state index contributed by atoms with van der Waals surface area (Å²) in [7, 11) is 0. The zero-order valence-electron chi connectivity index (χ0n) is 9.61. The Kier molecular flexibility index (Phi) is 3.79. The summed E-state index contributed by atoms with van der Waals surface area (Å²) in [5.41, 5.74) is 1.50. The zero-order valence-corrected chi connectivity index (χ0v) is 11.2. The van der Waals surface area contributed by atoms with Gasteiger partial charge in [0, 0.05) is 4.47 Å². The molecule has 0 aliphatic heterocycles. The van der Waals surface area contributed by atoms with E-state index >= 15 is 0 Å². The molecule has 3 nitrogen and oxygen atoms in total. The number of nitriles is 2. The average molecular weight is 316 g/mol. The second-order valence-corrected chi connectivity index (χ2v) is 4.56. The Morgan fingerprint density at radius 1 is 1.05 bits per heavy atom. The van der Waals surface area contributed by atoms with E-state index < -0.39 is 5.82 Å². The lowest BCUT2D eigenvalue weighted by Gasteiger charge is -2.10. The summed E-state index contributed by atoms with van der Waals surface area (Å²) in [4.78, 5) is 0. The van der Waals surface area contributed by atoms with E-state index in [1.165, 1.54) is 12.1 Å². The smallest absolute Gasteiger partial charge is 0.143 e. The van der Waals surface area contributed by atoms with Crippen LogP contribution < -0.4 is 5.32 Å². The first-order valence-electron chi connectivity index (χ1n) is 5.31. The van der Waals surface area contributed by atoms with Gasteiger partial charge < -0.3 is 5.32 Å². The van der Waals surface area contributed by atoms with Crippen molar-refractivity contribution in [2.45, 2.75) is 0 Å². The van der Waals surface area contributed by atoms with E-state index in [9.17, 15) is 4.39 Å². The highest BCUT2D eigenvalue weighted by atomic mass is 79.9. The minimum atomic E-state index is -0.572. The summed E-state index contributed by atoms with van der Waals surface area (Å²) in [5.74, 6) is -0.572. The van der Waals surface area contributed by atoms with Crippen LogP contribution in [0, 0.1) is 28.5 Å². The number of halogens is 2. The highest BCUT2D eigenvalue weighted by Crippen LogP contribution is 2.29. The molecule has 0 spiro atoms. The Labute approximate surface area is 118 Å². The number of benzene rings is 2. The van der Waals surface area contributed by atoms with Crippen LogP contribution in [-0.2, 0) is 0 Å². The fourth-order valence-electron chi connectivity index (χ4n) is 1.57. The predicted octanol–water partition coefficient (Wildman–Crippen LogP) is 4.08. The van der Waals surface area contributed by atoms with E-state index in [4.69, 9.17) is 10.5 Å². The third-order valence-electron chi connectivity index (χ3n) is 2.49. The molecule has 0 radical (unpaired) electrons. The van der Waals surface area contributed by atoms with Gasteiger partial charge in [-0.2, -0.15) is 10.5 Å². The van der Waals surface area contributed by atoms with Gasteiger partial charge in [-0.25, -0.2) is 4.39 Å². The summed E-state index contributed by atoms with van der Waals surface area (Å²) in [5, 5.41) is 20.7. The summed E-state index contributed by atoms with van der Waals surface area (Å²) >= 11 is 3.32. The van der Waals surface area contributed by atoms with Crippen molar-refractivity contribution in [3.05, 3.63) is 57.8 Å². The van der Waals surface area contributed by atoms with Crippen LogP contribution in [0.25, 0.3) is 0 Å². The number of rotatable bonds is 2. The van der Waals surface area contributed by atoms with Gasteiger partial charge in [0.05, 0.1) is 23.0 Å². The summed E-state index contributed by atoms with van der Waals surface area (Å²) in [6, 6.07) is 13.2. The number of nitrogens with zero attached hydrogens (tertiary/aromatic N) is 2. The lowest BCUT2D eigenvalue weighted by Crippen LogP contribution is -1.97. The summed E-state index contributed by atoms with van der Waals surface area (Å²) in [6.07, 6.45) is 0. The molecule has 0 saturated heterocycles. The molecular weight excluding hydrogens is 309 g/mol. The van der Waals surface area contributed by atoms with Gasteiger partial charge in [0.2, 0.25) is 0 Å². The molecule has 0 aliphatic carbocycles. The monoisotopic (exact) mass is 315 g/mol. The van der Waals surface area contributed by atoms with Gasteiger partial charge in [-0.15, -0.1) is 0 Å². The maximum atomic E-state index is 13.5. The van der Waals surface area contributed by atoms with E-state index in [2.05, 4.69) is 21.2 Å². The molecule has 0 amide bonds. The fourth-order valence-corrected chi connectivity index (χ4v) is 2.05. The third kappa shape index (κ3) is 2.73. The van der Waals surface area contributed by atoms with Crippen molar-refractivity contribution < 1.29 is 4.39 Å². The van der Waals surface area contributed by atoms with E-state index in [0.717, 1.165) is 0 Å². The van der Waals surface area contributed by atoms with Crippen LogP contribution in [0.3, 0.4) is 0 Å². The molecule has 19 heavy (non-hydrogen) atoms. The Hall–Kier alpha value is -2.37. The molecule has 0 aliphatic rings. The highest BCUT2D eigenvalue weighted by molar-refractivity contribution is 9.10. The predicted molar refractivity (Wildman–Crippen MR) is 73.3 cm³/mol. The lowest BCUT2D eigenvalue weighted by molar-refractivity contribution is 0.624. The number of anilines is 2. The fraction of sp³-hybridized carbons (Fsp3) is 0. The minimum Gasteiger partial charge on any atom is -0.353 e. The largest absolute Gasteiger partial charge is 0.353 e. The van der Waals surface area contributed by atoms with Crippen molar-refractivity contribution in [3.8, 4) is 12.1 Å². The molecule has 5 heteroatoms. The molecular formula is C14H7BrFN3. The van der Waals surface area contributed by atoms with Gasteiger partial charge in [-0.05, 0) is 46.3 Å². The van der Waals surface area contributed by atoms with Crippen LogP contribution >= 0.6 is 15.9 Å². The Morgan fingerprint density at radius 3 is 2.47 bits per heavy atom. The lowest BCUT2D eigenvalue weighted by atomic mass is 10.1. The van der Waals surface area contributed by atoms with Crippen LogP contribution in [0.15, 0.2) is 40.9 Å². The highest BCUT2D eigenvalue weighted by Gasteiger charge is 2.09. The molecule has 92 valence electrons. The van der Waals surface area contributed by atoms with Crippen molar-refractivity contribution in [1.29, 1.82) is 10.5 Å². The van der Waals surface area contributed by atoms with Crippen molar-refractivity contribution >= 4 is 27.3 Å². The van der Waals surface area contributed by atoms with Crippen LogP contribution in [0.4, 0.5) is 15.8 Å². The van der Waals surface area contributed by atoms with Gasteiger partial charge in [0.1, 0.15) is 17.4 Å². The van der Waals surface area contributed by atoms with Crippen molar-refractivity contribution in [2.75, 3.05) is 5.32 Å². The molecule has 2 rings (SSSR count). The Morgan fingerprint density at radius 2 is 1.84 bits per heavy atom. The van der Waals surface area contributed by atoms with Gasteiger partial charge in [0.15, 0.2) is 0 Å². The second kappa shape index (κ2) is 5.51. The second-order valence-electron chi connectivity index (χ2n) is 3.71. The maximum Gasteiger partial charge on any atom is 0.143 e. The quantitative estimate of drug-likeness (QED) is 0.908. The average Bonchev–Trinajstić information content (AvgIpc) is 2.41. The van der Waals surface area contributed by atoms with Crippen molar-refractivity contribution in [2.24, 2.45) is 0 Å². The van der Waals surface area contributed by atoms with Crippen LogP contribution in [0.1, 0.15) is 11.1 Å². The van der Waals surface area contributed by atoms with Gasteiger partial charge in [-0.3, -0.25) is 0 Å². The number of nitrogens with one attached hydrogen (secondary N) is 1. The first kappa shape index (κ1) is 13.1. The van der Waals surface area contributed by atoms with Crippen molar-refractivity contribution in [1.82, 2.24) is 0 Å². The van der Waals surface area contributed by atoms with Crippen LogP contribution in [0.5, 0.6) is 0 Å². The van der Waals surface area contributed by atoms with Crippen molar-refractivity contribution in [3.63, 3.8) is 0 Å². The number of hydrogen-bond donors (Lipinski definition) is 1. The normalized spacial score (nSPS) is 9.47. The summed E-state index contributed by atoms with van der Waals surface area (Å²) < 4.78 is 14.1. The molecule has 0 unspecified atom stereocenters. The van der Waals surface area contributed by atoms with E-state index in [0.29, 0.717) is 21.4 Å². The summed E-state index contributed by atoms with van der Waals surface area (Å²) in [6.45, 7) is 0. The van der Waals surface area contributed by atoms with Crippen LogP contribution in [-0.4, -0.2) is 0 Å². The van der Waals surface area contributed by atoms with Gasteiger partial charge in [0.25, 0.3) is 0 Å². The van der Waals surface area contributed by atoms with Crippen LogP contribution in [0.2, 0.25) is 0 Å². The zero-order chi connectivity index (χ0) is 13.8. The van der Waals surface area contributed by atoms with E-state index in [1.54, 1.807) is 24.3 Å². The van der Waals surface area contributed by atoms with E-state index in [1.807, 2.05) is 12.1 Å². The molecule has 0 saturated carbocycles. The SMILES string of the molecule is N#Cc1ccc(Nc2cccc(F)c2C#N)c(Br)c1. The minimum absolute atomic E-state index is 0.0428. The molecule has 0 bridgehead atoms. The maximum absolute atomic E-state index is 13.5. The standard InChI is InChI=1S/C14H7BrFN3/c15-11-6-9(7-17)4-5-14(11)19-13-3-1-2-12(16)10(13)8-18/h1-6,19H. The first-order chi connectivity index (χ1) is 9.15. The molecule has 2 aromatic rings. The number of hydrogen-bond acceptors (Lipinski definition) is 3. The molecule has 2 aromatic carbocycles. The molecule has 0 heterocycles. The third-order valence-corrected chi connectivity index (χ3v) is 3.15. The first-order valence-corrected chi connectivity index (χ1v) is 6.10. The molecule has 0 atom stereocenters. The molecule has 1 N–H and O–H groups in total. The van der Waals surface area contributed by atoms with Gasteiger partial charge in [-0.1, -0.05) is 6.07 Å². The van der Waals surface area contributed by atoms with E-state index in [-0.39, 0.29) is 5.56 Å².